The molecule has 4 rings (SSSR count). The van der Waals surface area contributed by atoms with E-state index in [9.17, 15) is 14.0 Å². The Morgan fingerprint density at radius 2 is 1.76 bits per heavy atom. The Kier molecular flexibility index (Phi) is 6.22. The molecule has 172 valence electrons. The summed E-state index contributed by atoms with van der Waals surface area (Å²) in [5.41, 5.74) is 0.282. The van der Waals surface area contributed by atoms with Crippen LogP contribution in [0.25, 0.3) is 10.8 Å². The van der Waals surface area contributed by atoms with E-state index >= 15 is 0 Å². The standard InChI is InChI=1S/C26H25FO6/c1-26(25(29)32-15-17-9-6-8-16-7-4-5-10-19(16)17)13-18(14-26)33-23-11-20(24(28)31-3)22(30-2)12-21(23)27/h4-12,18H,13-15H2,1-3H3. The first-order valence-electron chi connectivity index (χ1n) is 10.6. The molecule has 0 aliphatic heterocycles. The highest BCUT2D eigenvalue weighted by Crippen LogP contribution is 2.44. The molecule has 1 saturated carbocycles. The highest BCUT2D eigenvalue weighted by Gasteiger charge is 2.49. The van der Waals surface area contributed by atoms with E-state index in [-0.39, 0.29) is 35.7 Å². The average molecular weight is 452 g/mol. The van der Waals surface area contributed by atoms with Gasteiger partial charge in [-0.25, -0.2) is 9.18 Å². The zero-order valence-electron chi connectivity index (χ0n) is 18.7. The maximum atomic E-state index is 14.4. The molecule has 6 nitrogen and oxygen atoms in total. The van der Waals surface area contributed by atoms with Crippen molar-refractivity contribution in [3.05, 3.63) is 71.5 Å². The number of carbonyl (C=O) groups excluding carboxylic acids is 2. The van der Waals surface area contributed by atoms with Crippen LogP contribution in [0.2, 0.25) is 0 Å². The van der Waals surface area contributed by atoms with Gasteiger partial charge in [0.05, 0.1) is 19.6 Å². The number of esters is 2. The van der Waals surface area contributed by atoms with E-state index in [4.69, 9.17) is 18.9 Å². The van der Waals surface area contributed by atoms with Gasteiger partial charge in [0, 0.05) is 25.0 Å². The molecule has 1 aliphatic rings. The monoisotopic (exact) mass is 452 g/mol. The number of carbonyl (C=O) groups is 2. The maximum Gasteiger partial charge on any atom is 0.341 e. The quantitative estimate of drug-likeness (QED) is 0.467. The second-order valence-corrected chi connectivity index (χ2v) is 8.40. The molecule has 0 aromatic heterocycles. The summed E-state index contributed by atoms with van der Waals surface area (Å²) in [4.78, 5) is 24.7. The molecule has 3 aromatic carbocycles. The van der Waals surface area contributed by atoms with Crippen molar-refractivity contribution in [2.45, 2.75) is 32.5 Å². The van der Waals surface area contributed by atoms with Gasteiger partial charge in [0.2, 0.25) is 0 Å². The molecule has 0 saturated heterocycles. The summed E-state index contributed by atoms with van der Waals surface area (Å²) in [6, 6.07) is 16.2. The molecular weight excluding hydrogens is 427 g/mol. The van der Waals surface area contributed by atoms with Crippen molar-refractivity contribution < 1.29 is 32.9 Å². The molecule has 0 heterocycles. The van der Waals surface area contributed by atoms with E-state index in [1.54, 1.807) is 0 Å². The van der Waals surface area contributed by atoms with Gasteiger partial charge in [-0.3, -0.25) is 4.79 Å². The van der Waals surface area contributed by atoms with Crippen LogP contribution >= 0.6 is 0 Å². The molecule has 0 bridgehead atoms. The third-order valence-corrected chi connectivity index (χ3v) is 6.04. The Morgan fingerprint density at radius 3 is 2.48 bits per heavy atom. The maximum absolute atomic E-state index is 14.4. The van der Waals surface area contributed by atoms with E-state index in [0.717, 1.165) is 22.4 Å². The number of halogens is 1. The lowest BCUT2D eigenvalue weighted by molar-refractivity contribution is -0.167. The van der Waals surface area contributed by atoms with Gasteiger partial charge < -0.3 is 18.9 Å². The van der Waals surface area contributed by atoms with Crippen LogP contribution in [0, 0.1) is 11.2 Å². The fourth-order valence-corrected chi connectivity index (χ4v) is 4.17. The van der Waals surface area contributed by atoms with Gasteiger partial charge >= 0.3 is 11.9 Å². The van der Waals surface area contributed by atoms with Gasteiger partial charge in [-0.1, -0.05) is 42.5 Å². The fraction of sp³-hybridized carbons (Fsp3) is 0.308. The summed E-state index contributed by atoms with van der Waals surface area (Å²) < 4.78 is 35.6. The van der Waals surface area contributed by atoms with E-state index in [1.165, 1.54) is 20.3 Å². The molecule has 0 N–H and O–H groups in total. The molecule has 0 radical (unpaired) electrons. The number of hydrogen-bond acceptors (Lipinski definition) is 6. The van der Waals surface area contributed by atoms with Crippen molar-refractivity contribution in [3.8, 4) is 11.5 Å². The molecule has 1 fully saturated rings. The van der Waals surface area contributed by atoms with Gasteiger partial charge in [-0.15, -0.1) is 0 Å². The molecule has 3 aromatic rings. The van der Waals surface area contributed by atoms with Gasteiger partial charge in [0.1, 0.15) is 24.0 Å². The van der Waals surface area contributed by atoms with Crippen LogP contribution in [-0.4, -0.2) is 32.3 Å². The van der Waals surface area contributed by atoms with E-state index in [1.807, 2.05) is 49.4 Å². The number of fused-ring (bicyclic) bond motifs is 1. The number of rotatable bonds is 7. The molecule has 0 amide bonds. The zero-order valence-corrected chi connectivity index (χ0v) is 18.7. The Balaban J connectivity index is 1.39. The van der Waals surface area contributed by atoms with Gasteiger partial charge in [0.25, 0.3) is 0 Å². The van der Waals surface area contributed by atoms with E-state index in [2.05, 4.69) is 0 Å². The topological polar surface area (TPSA) is 71.1 Å². The first-order chi connectivity index (χ1) is 15.8. The Bertz CT molecular complexity index is 1190. The minimum atomic E-state index is -0.719. The smallest absolute Gasteiger partial charge is 0.341 e. The van der Waals surface area contributed by atoms with Crippen LogP contribution in [0.15, 0.2) is 54.6 Å². The van der Waals surface area contributed by atoms with Crippen molar-refractivity contribution in [3.63, 3.8) is 0 Å². The predicted octanol–water partition coefficient (Wildman–Crippen LogP) is 5.07. The predicted molar refractivity (Wildman–Crippen MR) is 120 cm³/mol. The largest absolute Gasteiger partial charge is 0.496 e. The second kappa shape index (κ2) is 9.10. The van der Waals surface area contributed by atoms with Crippen molar-refractivity contribution >= 4 is 22.7 Å². The van der Waals surface area contributed by atoms with Crippen molar-refractivity contribution in [1.82, 2.24) is 0 Å². The van der Waals surface area contributed by atoms with Crippen LogP contribution in [0.3, 0.4) is 0 Å². The Labute approximate surface area is 191 Å². The molecule has 7 heteroatoms. The second-order valence-electron chi connectivity index (χ2n) is 8.40. The van der Waals surface area contributed by atoms with Crippen LogP contribution in [0.5, 0.6) is 11.5 Å². The summed E-state index contributed by atoms with van der Waals surface area (Å²) >= 11 is 0. The number of ether oxygens (including phenoxy) is 4. The highest BCUT2D eigenvalue weighted by atomic mass is 19.1. The lowest BCUT2D eigenvalue weighted by Gasteiger charge is -2.42. The van der Waals surface area contributed by atoms with Crippen LogP contribution in [0.4, 0.5) is 4.39 Å². The van der Waals surface area contributed by atoms with Gasteiger partial charge in [-0.05, 0) is 23.3 Å². The molecule has 1 aliphatic carbocycles. The summed E-state index contributed by atoms with van der Waals surface area (Å²) in [6.07, 6.45) is 0.370. The number of hydrogen-bond donors (Lipinski definition) is 0. The lowest BCUT2D eigenvalue weighted by Crippen LogP contribution is -2.48. The number of benzene rings is 3. The summed E-state index contributed by atoms with van der Waals surface area (Å²) in [5, 5.41) is 2.13. The first-order valence-corrected chi connectivity index (χ1v) is 10.6. The van der Waals surface area contributed by atoms with Crippen molar-refractivity contribution in [2.75, 3.05) is 14.2 Å². The molecular formula is C26H25FO6. The first kappa shape index (κ1) is 22.6. The molecule has 0 atom stereocenters. The molecule has 0 spiro atoms. The molecule has 0 unspecified atom stereocenters. The SMILES string of the molecule is COC(=O)c1cc(OC2CC(C)(C(=O)OCc3cccc4ccccc34)C2)c(F)cc1OC. The zero-order chi connectivity index (χ0) is 23.6. The van der Waals surface area contributed by atoms with Crippen molar-refractivity contribution in [2.24, 2.45) is 5.41 Å². The third-order valence-electron chi connectivity index (χ3n) is 6.04. The summed E-state index contributed by atoms with van der Waals surface area (Å²) in [5.74, 6) is -1.67. The Morgan fingerprint density at radius 1 is 1.03 bits per heavy atom. The minimum Gasteiger partial charge on any atom is -0.496 e. The lowest BCUT2D eigenvalue weighted by atomic mass is 9.68. The summed E-state index contributed by atoms with van der Waals surface area (Å²) in [7, 11) is 2.57. The van der Waals surface area contributed by atoms with E-state index < -0.39 is 17.2 Å². The molecule has 33 heavy (non-hydrogen) atoms. The normalized spacial score (nSPS) is 19.5. The van der Waals surface area contributed by atoms with Crippen LogP contribution in [0.1, 0.15) is 35.7 Å². The number of methoxy groups -OCH3 is 2. The Hall–Kier alpha value is -3.61. The highest BCUT2D eigenvalue weighted by molar-refractivity contribution is 5.93. The van der Waals surface area contributed by atoms with E-state index in [0.29, 0.717) is 12.8 Å². The van der Waals surface area contributed by atoms with Crippen molar-refractivity contribution in [1.29, 1.82) is 0 Å². The summed E-state index contributed by atoms with van der Waals surface area (Å²) in [6.45, 7) is 1.99. The van der Waals surface area contributed by atoms with Crippen LogP contribution < -0.4 is 9.47 Å². The minimum absolute atomic E-state index is 0.0576. The third kappa shape index (κ3) is 4.49. The fourth-order valence-electron chi connectivity index (χ4n) is 4.17. The van der Waals surface area contributed by atoms with Gasteiger partial charge in [-0.2, -0.15) is 0 Å². The van der Waals surface area contributed by atoms with Gasteiger partial charge in [0.15, 0.2) is 11.6 Å². The van der Waals surface area contributed by atoms with Crippen LogP contribution in [-0.2, 0) is 20.9 Å². The average Bonchev–Trinajstić information content (AvgIpc) is 2.81.